The minimum atomic E-state index is -0.388. The van der Waals surface area contributed by atoms with E-state index < -0.39 is 0 Å². The Morgan fingerprint density at radius 1 is 1.14 bits per heavy atom. The smallest absolute Gasteiger partial charge is 0.338 e. The van der Waals surface area contributed by atoms with Crippen molar-refractivity contribution in [3.63, 3.8) is 0 Å². The molecule has 3 heteroatoms. The molecule has 0 bridgehead atoms. The normalized spacial score (nSPS) is 12.3. The van der Waals surface area contributed by atoms with E-state index in [1.807, 2.05) is 24.3 Å². The molecule has 112 valence electrons. The molecule has 2 nitrogen and oxygen atoms in total. The van der Waals surface area contributed by atoms with Crippen molar-refractivity contribution in [1.82, 2.24) is 0 Å². The second kappa shape index (κ2) is 5.76. The zero-order chi connectivity index (χ0) is 15.7. The maximum absolute atomic E-state index is 13.3. The van der Waals surface area contributed by atoms with Gasteiger partial charge in [0.2, 0.25) is 0 Å². The molecule has 0 amide bonds. The molecule has 0 aromatic heterocycles. The summed E-state index contributed by atoms with van der Waals surface area (Å²) in [5.41, 5.74) is 5.50. The summed E-state index contributed by atoms with van der Waals surface area (Å²) in [7, 11) is 0. The number of esters is 1. The van der Waals surface area contributed by atoms with Crippen LogP contribution >= 0.6 is 0 Å². The average Bonchev–Trinajstić information content (AvgIpc) is 2.53. The van der Waals surface area contributed by atoms with Gasteiger partial charge in [-0.3, -0.25) is 0 Å². The van der Waals surface area contributed by atoms with Crippen LogP contribution in [0.25, 0.3) is 16.7 Å². The summed E-state index contributed by atoms with van der Waals surface area (Å²) in [4.78, 5) is 11.8. The minimum Gasteiger partial charge on any atom is -0.462 e. The van der Waals surface area contributed by atoms with Crippen LogP contribution in [0.2, 0.25) is 0 Å². The van der Waals surface area contributed by atoms with Gasteiger partial charge < -0.3 is 4.74 Å². The molecule has 1 aliphatic rings. The highest BCUT2D eigenvalue weighted by molar-refractivity contribution is 6.15. The van der Waals surface area contributed by atoms with Gasteiger partial charge in [-0.15, -0.1) is 0 Å². The quantitative estimate of drug-likeness (QED) is 0.628. The van der Waals surface area contributed by atoms with E-state index in [1.165, 1.54) is 6.07 Å². The Balaban J connectivity index is 1.98. The zero-order valence-electron chi connectivity index (χ0n) is 12.5. The highest BCUT2D eigenvalue weighted by atomic mass is 19.1. The predicted octanol–water partition coefficient (Wildman–Crippen LogP) is 4.17. The lowest BCUT2D eigenvalue weighted by Gasteiger charge is -2.21. The second-order valence-electron chi connectivity index (χ2n) is 5.37. The van der Waals surface area contributed by atoms with Gasteiger partial charge >= 0.3 is 5.97 Å². The molecule has 0 unspecified atom stereocenters. The van der Waals surface area contributed by atoms with Gasteiger partial charge in [0.05, 0.1) is 12.2 Å². The molecule has 0 radical (unpaired) electrons. The lowest BCUT2D eigenvalue weighted by molar-refractivity contribution is -0.136. The van der Waals surface area contributed by atoms with Crippen LogP contribution in [0.3, 0.4) is 0 Å². The molecule has 0 heterocycles. The van der Waals surface area contributed by atoms with Gasteiger partial charge in [-0.05, 0) is 59.7 Å². The van der Waals surface area contributed by atoms with Gasteiger partial charge in [-0.2, -0.15) is 0 Å². The van der Waals surface area contributed by atoms with Crippen LogP contribution in [0.15, 0.2) is 43.0 Å². The van der Waals surface area contributed by atoms with Crippen molar-refractivity contribution in [2.24, 2.45) is 0 Å². The van der Waals surface area contributed by atoms with E-state index in [9.17, 15) is 9.18 Å². The van der Waals surface area contributed by atoms with Crippen molar-refractivity contribution < 1.29 is 13.9 Å². The molecule has 2 aromatic carbocycles. The number of rotatable bonds is 3. The molecular weight excluding hydrogens is 279 g/mol. The molecule has 0 aliphatic heterocycles. The maximum Gasteiger partial charge on any atom is 0.338 e. The summed E-state index contributed by atoms with van der Waals surface area (Å²) in [5.74, 6) is -0.588. The van der Waals surface area contributed by atoms with E-state index in [2.05, 4.69) is 6.58 Å². The molecule has 0 spiro atoms. The van der Waals surface area contributed by atoms with Crippen LogP contribution in [-0.4, -0.2) is 12.6 Å². The first-order valence-corrected chi connectivity index (χ1v) is 7.38. The van der Waals surface area contributed by atoms with Crippen LogP contribution in [-0.2, 0) is 22.4 Å². The molecule has 2 aromatic rings. The van der Waals surface area contributed by atoms with Crippen LogP contribution in [0.4, 0.5) is 4.39 Å². The minimum absolute atomic E-state index is 0.200. The van der Waals surface area contributed by atoms with E-state index >= 15 is 0 Å². The molecular formula is C19H17FO2. The lowest BCUT2D eigenvalue weighted by atomic mass is 9.84. The van der Waals surface area contributed by atoms with Crippen LogP contribution < -0.4 is 0 Å². The fourth-order valence-corrected chi connectivity index (χ4v) is 2.89. The Hall–Kier alpha value is -2.42. The zero-order valence-corrected chi connectivity index (χ0v) is 12.5. The Morgan fingerprint density at radius 3 is 2.45 bits per heavy atom. The Bertz CT molecular complexity index is 762. The fraction of sp³-hybridized carbons (Fsp3) is 0.211. The van der Waals surface area contributed by atoms with Crippen molar-refractivity contribution in [2.75, 3.05) is 6.61 Å². The largest absolute Gasteiger partial charge is 0.462 e. The number of carbonyl (C=O) groups excluding carboxylic acids is 1. The maximum atomic E-state index is 13.3. The van der Waals surface area contributed by atoms with Gasteiger partial charge in [-0.25, -0.2) is 9.18 Å². The highest BCUT2D eigenvalue weighted by Gasteiger charge is 2.18. The molecule has 22 heavy (non-hydrogen) atoms. The monoisotopic (exact) mass is 296 g/mol. The van der Waals surface area contributed by atoms with Crippen LogP contribution in [0.5, 0.6) is 0 Å². The summed E-state index contributed by atoms with van der Waals surface area (Å²) in [6, 6.07) is 10.7. The van der Waals surface area contributed by atoms with Crippen molar-refractivity contribution in [3.05, 3.63) is 65.5 Å². The summed E-state index contributed by atoms with van der Waals surface area (Å²) >= 11 is 0. The average molecular weight is 296 g/mol. The fourth-order valence-electron chi connectivity index (χ4n) is 2.89. The van der Waals surface area contributed by atoms with Gasteiger partial charge in [0.15, 0.2) is 0 Å². The first kappa shape index (κ1) is 14.5. The van der Waals surface area contributed by atoms with E-state index in [0.717, 1.165) is 40.7 Å². The summed E-state index contributed by atoms with van der Waals surface area (Å²) < 4.78 is 18.3. The SMILES string of the molecule is C=C(C(=O)OCC)c1ccc2c(c1)CCc1cc(F)ccc1-2. The van der Waals surface area contributed by atoms with Crippen molar-refractivity contribution >= 4 is 11.5 Å². The lowest BCUT2D eigenvalue weighted by Crippen LogP contribution is -2.08. The second-order valence-corrected chi connectivity index (χ2v) is 5.37. The summed E-state index contributed by atoms with van der Waals surface area (Å²) in [5, 5.41) is 0. The van der Waals surface area contributed by atoms with Crippen molar-refractivity contribution in [3.8, 4) is 11.1 Å². The van der Waals surface area contributed by atoms with E-state index in [-0.39, 0.29) is 11.8 Å². The Labute approximate surface area is 129 Å². The van der Waals surface area contributed by atoms with Gasteiger partial charge in [-0.1, -0.05) is 30.8 Å². The topological polar surface area (TPSA) is 26.3 Å². The number of halogens is 1. The first-order valence-electron chi connectivity index (χ1n) is 7.38. The Kier molecular flexibility index (Phi) is 3.80. The summed E-state index contributed by atoms with van der Waals surface area (Å²) in [6.07, 6.45) is 1.63. The molecule has 1 aliphatic carbocycles. The highest BCUT2D eigenvalue weighted by Crippen LogP contribution is 2.35. The van der Waals surface area contributed by atoms with E-state index in [0.29, 0.717) is 12.2 Å². The number of carbonyl (C=O) groups is 1. The Morgan fingerprint density at radius 2 is 1.77 bits per heavy atom. The number of hydrogen-bond acceptors (Lipinski definition) is 2. The third-order valence-electron chi connectivity index (χ3n) is 4.00. The third-order valence-corrected chi connectivity index (χ3v) is 4.00. The molecule has 0 fully saturated rings. The number of aryl methyl sites for hydroxylation is 2. The summed E-state index contributed by atoms with van der Waals surface area (Å²) in [6.45, 7) is 5.93. The molecule has 0 saturated heterocycles. The van der Waals surface area contributed by atoms with Crippen molar-refractivity contribution in [2.45, 2.75) is 19.8 Å². The molecule has 0 atom stereocenters. The van der Waals surface area contributed by atoms with Gasteiger partial charge in [0, 0.05) is 0 Å². The van der Waals surface area contributed by atoms with E-state index in [4.69, 9.17) is 4.74 Å². The number of hydrogen-bond donors (Lipinski definition) is 0. The van der Waals surface area contributed by atoms with Gasteiger partial charge in [0.25, 0.3) is 0 Å². The van der Waals surface area contributed by atoms with E-state index in [1.54, 1.807) is 13.0 Å². The molecule has 3 rings (SSSR count). The number of fused-ring (bicyclic) bond motifs is 3. The molecule has 0 N–H and O–H groups in total. The van der Waals surface area contributed by atoms with Gasteiger partial charge in [0.1, 0.15) is 5.82 Å². The first-order chi connectivity index (χ1) is 10.6. The van der Waals surface area contributed by atoms with Crippen molar-refractivity contribution in [1.29, 1.82) is 0 Å². The number of ether oxygens (including phenoxy) is 1. The van der Waals surface area contributed by atoms with Crippen LogP contribution in [0.1, 0.15) is 23.6 Å². The van der Waals surface area contributed by atoms with Crippen LogP contribution in [0, 0.1) is 5.82 Å². The third kappa shape index (κ3) is 2.54. The molecule has 0 saturated carbocycles. The predicted molar refractivity (Wildman–Crippen MR) is 84.9 cm³/mol. The number of benzene rings is 2. The standard InChI is InChI=1S/C19H17FO2/c1-3-22-19(21)12(2)13-6-8-17-14(10-13)4-5-15-11-16(20)7-9-18(15)17/h6-11H,2-5H2,1H3.